The molecule has 0 fully saturated rings. The lowest BCUT2D eigenvalue weighted by atomic mass is 9.39. The zero-order valence-corrected chi connectivity index (χ0v) is 9.19. The lowest BCUT2D eigenvalue weighted by Gasteiger charge is -2.30. The highest BCUT2D eigenvalue weighted by Crippen LogP contribution is 1.98. The van der Waals surface area contributed by atoms with E-state index < -0.39 is 0 Å². The topological polar surface area (TPSA) is 70.5 Å². The van der Waals surface area contributed by atoms with Crippen LogP contribution in [0.2, 0.25) is 0 Å². The van der Waals surface area contributed by atoms with Crippen LogP contribution in [0.4, 0.5) is 0 Å². The minimum absolute atomic E-state index is 0.0845. The predicted molar refractivity (Wildman–Crippen MR) is 66.9 cm³/mol. The maximum atomic E-state index is 5.63. The summed E-state index contributed by atoms with van der Waals surface area (Å²) < 4.78 is 10.9. The molecule has 0 aliphatic carbocycles. The minimum atomic E-state index is 0.0845. The van der Waals surface area contributed by atoms with Crippen LogP contribution in [0.15, 0.2) is 18.2 Å². The van der Waals surface area contributed by atoms with E-state index in [0.29, 0.717) is 26.3 Å². The van der Waals surface area contributed by atoms with E-state index in [2.05, 4.69) is 0 Å². The highest BCUT2D eigenvalue weighted by atomic mass is 16.4. The second-order valence-electron chi connectivity index (χ2n) is 3.67. The fourth-order valence-corrected chi connectivity index (χ4v) is 1.86. The van der Waals surface area contributed by atoms with Crippen molar-refractivity contribution in [2.24, 2.45) is 11.5 Å². The molecule has 0 atom stereocenters. The van der Waals surface area contributed by atoms with Crippen molar-refractivity contribution in [3.05, 3.63) is 18.2 Å². The Kier molecular flexibility index (Phi) is 4.01. The van der Waals surface area contributed by atoms with E-state index in [1.807, 2.05) is 18.2 Å². The largest absolute Gasteiger partial charge is 0.433 e. The molecule has 4 nitrogen and oxygen atoms in total. The normalized spacial score (nSPS) is 12.5. The Morgan fingerprint density at radius 3 is 2.44 bits per heavy atom. The highest BCUT2D eigenvalue weighted by molar-refractivity contribution is 6.94. The van der Waals surface area contributed by atoms with Crippen LogP contribution < -0.4 is 27.9 Å². The summed E-state index contributed by atoms with van der Waals surface area (Å²) in [6, 6.07) is 6.12. The lowest BCUT2D eigenvalue weighted by molar-refractivity contribution is 0.342. The maximum Gasteiger partial charge on any atom is 0.360 e. The number of benzene rings is 1. The zero-order chi connectivity index (χ0) is 11.4. The average Bonchev–Trinajstić information content (AvgIpc) is 2.33. The summed E-state index contributed by atoms with van der Waals surface area (Å²) in [5.41, 5.74) is 14.2. The van der Waals surface area contributed by atoms with E-state index in [1.54, 1.807) is 7.48 Å². The molecule has 1 radical (unpaired) electrons. The SMILES string of the molecule is NCCO[B]c1c2cccc1B2OCCN. The molecule has 2 bridgehead atoms. The minimum Gasteiger partial charge on any atom is -0.433 e. The summed E-state index contributed by atoms with van der Waals surface area (Å²) in [6.07, 6.45) is 0. The standard InChI is InChI=1S/C10H15B2N2O2/c13-4-6-15-11-10-8-2-1-3-9(10)12(8)16-7-5-14/h1-3H,4-7,13-14H2. The molecule has 3 rings (SSSR count). The molecular formula is C10H15B2N2O2. The van der Waals surface area contributed by atoms with Gasteiger partial charge < -0.3 is 20.8 Å². The Hall–Kier alpha value is -0.810. The lowest BCUT2D eigenvalue weighted by Crippen LogP contribution is -2.71. The molecule has 0 aromatic heterocycles. The first-order chi connectivity index (χ1) is 7.88. The molecule has 0 unspecified atom stereocenters. The van der Waals surface area contributed by atoms with Crippen LogP contribution in [0.3, 0.4) is 0 Å². The van der Waals surface area contributed by atoms with E-state index in [-0.39, 0.29) is 6.92 Å². The number of rotatable bonds is 7. The highest BCUT2D eigenvalue weighted by Gasteiger charge is 2.36. The van der Waals surface area contributed by atoms with Gasteiger partial charge in [-0.1, -0.05) is 23.7 Å². The molecule has 1 aromatic carbocycles. The number of nitrogens with two attached hydrogens (primary N) is 2. The van der Waals surface area contributed by atoms with E-state index in [4.69, 9.17) is 20.8 Å². The van der Waals surface area contributed by atoms with Gasteiger partial charge in [-0.2, -0.15) is 0 Å². The third-order valence-corrected chi connectivity index (χ3v) is 2.58. The third-order valence-electron chi connectivity index (χ3n) is 2.58. The van der Waals surface area contributed by atoms with Gasteiger partial charge in [-0.3, -0.25) is 0 Å². The molecular weight excluding hydrogens is 202 g/mol. The second-order valence-corrected chi connectivity index (χ2v) is 3.67. The third kappa shape index (κ3) is 2.15. The molecule has 0 amide bonds. The van der Waals surface area contributed by atoms with Crippen LogP contribution in [0.25, 0.3) is 0 Å². The van der Waals surface area contributed by atoms with Crippen molar-refractivity contribution in [3.63, 3.8) is 0 Å². The summed E-state index contributed by atoms with van der Waals surface area (Å²) in [4.78, 5) is 0. The number of fused-ring (bicyclic) bond motifs is 2. The van der Waals surface area contributed by atoms with Crippen LogP contribution in [0, 0.1) is 0 Å². The summed E-state index contributed by atoms with van der Waals surface area (Å²) >= 11 is 0. The summed E-state index contributed by atoms with van der Waals surface area (Å²) in [5, 5.41) is 0. The van der Waals surface area contributed by atoms with Crippen molar-refractivity contribution in [1.82, 2.24) is 0 Å². The smallest absolute Gasteiger partial charge is 0.360 e. The second kappa shape index (κ2) is 5.50. The van der Waals surface area contributed by atoms with Crippen molar-refractivity contribution in [2.45, 2.75) is 0 Å². The van der Waals surface area contributed by atoms with Crippen molar-refractivity contribution >= 4 is 30.8 Å². The Morgan fingerprint density at radius 2 is 1.81 bits per heavy atom. The molecule has 83 valence electrons. The van der Waals surface area contributed by atoms with Gasteiger partial charge in [0.15, 0.2) is 0 Å². The van der Waals surface area contributed by atoms with Gasteiger partial charge >= 0.3 is 14.4 Å². The van der Waals surface area contributed by atoms with Crippen LogP contribution in [0.1, 0.15) is 0 Å². The average molecular weight is 217 g/mol. The summed E-state index contributed by atoms with van der Waals surface area (Å²) in [6.45, 7) is 2.28. The van der Waals surface area contributed by atoms with Crippen molar-refractivity contribution < 1.29 is 9.31 Å². The number of hydrogen-bond donors (Lipinski definition) is 2. The Labute approximate surface area is 96.7 Å². The van der Waals surface area contributed by atoms with Gasteiger partial charge in [0, 0.05) is 26.3 Å². The van der Waals surface area contributed by atoms with Crippen molar-refractivity contribution in [2.75, 3.05) is 26.3 Å². The summed E-state index contributed by atoms with van der Waals surface area (Å²) in [5.74, 6) is 0. The fourth-order valence-electron chi connectivity index (χ4n) is 1.86. The maximum absolute atomic E-state index is 5.63. The van der Waals surface area contributed by atoms with E-state index in [1.165, 1.54) is 10.9 Å². The Morgan fingerprint density at radius 1 is 1.12 bits per heavy atom. The van der Waals surface area contributed by atoms with E-state index in [9.17, 15) is 0 Å². The van der Waals surface area contributed by atoms with Gasteiger partial charge in [-0.05, 0) is 10.9 Å². The molecule has 2 aliphatic heterocycles. The predicted octanol–water partition coefficient (Wildman–Crippen LogP) is -2.70. The molecule has 0 saturated heterocycles. The molecule has 0 spiro atoms. The zero-order valence-electron chi connectivity index (χ0n) is 9.19. The first-order valence-electron chi connectivity index (χ1n) is 5.48. The molecule has 16 heavy (non-hydrogen) atoms. The van der Waals surface area contributed by atoms with Crippen LogP contribution in [-0.4, -0.2) is 40.7 Å². The molecule has 1 aromatic rings. The fraction of sp³-hybridized carbons (Fsp3) is 0.400. The van der Waals surface area contributed by atoms with Crippen LogP contribution >= 0.6 is 0 Å². The molecule has 4 N–H and O–H groups in total. The molecule has 2 heterocycles. The van der Waals surface area contributed by atoms with Crippen LogP contribution in [0.5, 0.6) is 0 Å². The van der Waals surface area contributed by atoms with Gasteiger partial charge in [0.05, 0.1) is 0 Å². The van der Waals surface area contributed by atoms with Gasteiger partial charge in [0.1, 0.15) is 0 Å². The van der Waals surface area contributed by atoms with Crippen LogP contribution in [-0.2, 0) is 9.31 Å². The Balaban J connectivity index is 1.94. The van der Waals surface area contributed by atoms with Crippen molar-refractivity contribution in [1.29, 1.82) is 0 Å². The first-order valence-corrected chi connectivity index (χ1v) is 5.48. The van der Waals surface area contributed by atoms with Gasteiger partial charge in [0.2, 0.25) is 0 Å². The van der Waals surface area contributed by atoms with Gasteiger partial charge in [0.25, 0.3) is 0 Å². The Bertz CT molecular complexity index is 340. The monoisotopic (exact) mass is 217 g/mol. The molecule has 0 saturated carbocycles. The number of hydrogen-bond acceptors (Lipinski definition) is 4. The molecule has 2 aliphatic rings. The first kappa shape index (κ1) is 11.7. The van der Waals surface area contributed by atoms with Gasteiger partial charge in [-0.15, -0.1) is 0 Å². The van der Waals surface area contributed by atoms with Gasteiger partial charge in [-0.25, -0.2) is 0 Å². The van der Waals surface area contributed by atoms with E-state index >= 15 is 0 Å². The van der Waals surface area contributed by atoms with Crippen molar-refractivity contribution in [3.8, 4) is 0 Å². The molecule has 6 heteroatoms. The quantitative estimate of drug-likeness (QED) is 0.385. The summed E-state index contributed by atoms with van der Waals surface area (Å²) in [7, 11) is 1.76. The van der Waals surface area contributed by atoms with E-state index in [0.717, 1.165) is 5.46 Å².